The van der Waals surface area contributed by atoms with Crippen LogP contribution in [0, 0.1) is 0 Å². The zero-order valence-corrected chi connectivity index (χ0v) is 7.58. The maximum absolute atomic E-state index is 9.46. The minimum absolute atomic E-state index is 0.202. The highest BCUT2D eigenvalue weighted by Crippen LogP contribution is 2.35. The Bertz CT molecular complexity index is 334. The molecule has 0 saturated heterocycles. The van der Waals surface area contributed by atoms with E-state index in [0.717, 1.165) is 12.0 Å². The highest BCUT2D eigenvalue weighted by atomic mass is 16.5. The highest BCUT2D eigenvalue weighted by molar-refractivity contribution is 5.47. The van der Waals surface area contributed by atoms with E-state index in [1.54, 1.807) is 12.1 Å². The summed E-state index contributed by atoms with van der Waals surface area (Å²) in [7, 11) is 0. The molecule has 0 radical (unpaired) electrons. The molecule has 3 heteroatoms. The molecular formula is C10H13NO2. The molecule has 1 heterocycles. The van der Waals surface area contributed by atoms with E-state index < -0.39 is 0 Å². The van der Waals surface area contributed by atoms with Gasteiger partial charge in [0.25, 0.3) is 0 Å². The van der Waals surface area contributed by atoms with Crippen LogP contribution in [0.15, 0.2) is 18.2 Å². The number of nitrogens with two attached hydrogens (primary N) is 1. The van der Waals surface area contributed by atoms with Crippen molar-refractivity contribution in [2.45, 2.75) is 18.9 Å². The summed E-state index contributed by atoms with van der Waals surface area (Å²) in [6, 6.07) is 5.36. The van der Waals surface area contributed by atoms with Crippen LogP contribution in [-0.4, -0.2) is 17.3 Å². The second-order valence-electron chi connectivity index (χ2n) is 3.88. The largest absolute Gasteiger partial charge is 0.504 e. The molecule has 0 fully saturated rings. The van der Waals surface area contributed by atoms with Crippen molar-refractivity contribution < 1.29 is 9.84 Å². The fourth-order valence-electron chi connectivity index (χ4n) is 1.60. The van der Waals surface area contributed by atoms with Gasteiger partial charge < -0.3 is 15.6 Å². The molecule has 1 aromatic carbocycles. The molecule has 2 rings (SSSR count). The Kier molecular flexibility index (Phi) is 1.70. The summed E-state index contributed by atoms with van der Waals surface area (Å²) in [6.07, 6.45) is 0.747. The third-order valence-electron chi connectivity index (χ3n) is 2.22. The Balaban J connectivity index is 2.42. The van der Waals surface area contributed by atoms with E-state index in [1.807, 2.05) is 13.0 Å². The molecule has 0 spiro atoms. The van der Waals surface area contributed by atoms with Gasteiger partial charge >= 0.3 is 0 Å². The van der Waals surface area contributed by atoms with Crippen molar-refractivity contribution in [2.24, 2.45) is 5.73 Å². The standard InChI is InChI=1S/C10H13NO2/c1-10(11)5-7-3-2-4-8(12)9(7)13-6-10/h2-4,12H,5-6,11H2,1H3. The topological polar surface area (TPSA) is 55.5 Å². The number of fused-ring (bicyclic) bond motifs is 1. The van der Waals surface area contributed by atoms with Crippen LogP contribution in [-0.2, 0) is 6.42 Å². The van der Waals surface area contributed by atoms with E-state index in [2.05, 4.69) is 0 Å². The van der Waals surface area contributed by atoms with E-state index in [9.17, 15) is 5.11 Å². The fraction of sp³-hybridized carbons (Fsp3) is 0.400. The quantitative estimate of drug-likeness (QED) is 0.625. The monoisotopic (exact) mass is 179 g/mol. The smallest absolute Gasteiger partial charge is 0.164 e. The molecule has 1 aliphatic heterocycles. The summed E-state index contributed by atoms with van der Waals surface area (Å²) in [4.78, 5) is 0. The van der Waals surface area contributed by atoms with Gasteiger partial charge in [0.05, 0.1) is 5.54 Å². The summed E-state index contributed by atoms with van der Waals surface area (Å²) in [6.45, 7) is 2.40. The lowest BCUT2D eigenvalue weighted by Gasteiger charge is -2.31. The minimum atomic E-state index is -0.319. The average molecular weight is 179 g/mol. The van der Waals surface area contributed by atoms with Gasteiger partial charge in [0.15, 0.2) is 11.5 Å². The molecular weight excluding hydrogens is 166 g/mol. The maximum atomic E-state index is 9.46. The second-order valence-corrected chi connectivity index (χ2v) is 3.88. The lowest BCUT2D eigenvalue weighted by Crippen LogP contribution is -2.46. The molecule has 1 atom stereocenters. The van der Waals surface area contributed by atoms with Gasteiger partial charge in [-0.3, -0.25) is 0 Å². The summed E-state index contributed by atoms with van der Waals surface area (Å²) in [5.41, 5.74) is 6.60. The molecule has 0 amide bonds. The van der Waals surface area contributed by atoms with Crippen LogP contribution in [0.3, 0.4) is 0 Å². The summed E-state index contributed by atoms with van der Waals surface area (Å²) >= 11 is 0. The number of phenols is 1. The molecule has 3 N–H and O–H groups in total. The second kappa shape index (κ2) is 2.64. The van der Waals surface area contributed by atoms with Crippen molar-refractivity contribution in [2.75, 3.05) is 6.61 Å². The Morgan fingerprint density at radius 1 is 1.54 bits per heavy atom. The van der Waals surface area contributed by atoms with Crippen LogP contribution in [0.1, 0.15) is 12.5 Å². The Morgan fingerprint density at radius 3 is 3.08 bits per heavy atom. The number of hydrogen-bond donors (Lipinski definition) is 2. The lowest BCUT2D eigenvalue weighted by atomic mass is 9.92. The Morgan fingerprint density at radius 2 is 2.31 bits per heavy atom. The van der Waals surface area contributed by atoms with Gasteiger partial charge in [-0.1, -0.05) is 12.1 Å². The first-order chi connectivity index (χ1) is 6.08. The third kappa shape index (κ3) is 1.47. The minimum Gasteiger partial charge on any atom is -0.504 e. The van der Waals surface area contributed by atoms with Gasteiger partial charge in [-0.15, -0.1) is 0 Å². The summed E-state index contributed by atoms with van der Waals surface area (Å²) < 4.78 is 5.39. The zero-order chi connectivity index (χ0) is 9.47. The lowest BCUT2D eigenvalue weighted by molar-refractivity contribution is 0.197. The first-order valence-corrected chi connectivity index (χ1v) is 4.31. The molecule has 0 aromatic heterocycles. The van der Waals surface area contributed by atoms with Crippen LogP contribution < -0.4 is 10.5 Å². The van der Waals surface area contributed by atoms with Crippen LogP contribution in [0.2, 0.25) is 0 Å². The average Bonchev–Trinajstić information content (AvgIpc) is 2.02. The van der Waals surface area contributed by atoms with Gasteiger partial charge in [-0.2, -0.15) is 0 Å². The Hall–Kier alpha value is -1.22. The molecule has 0 saturated carbocycles. The summed E-state index contributed by atoms with van der Waals surface area (Å²) in [5, 5.41) is 9.46. The molecule has 0 bridgehead atoms. The number of rotatable bonds is 0. The van der Waals surface area contributed by atoms with Crippen LogP contribution in [0.4, 0.5) is 0 Å². The first-order valence-electron chi connectivity index (χ1n) is 4.31. The predicted octanol–water partition coefficient (Wildman–Crippen LogP) is 1.04. The normalized spacial score (nSPS) is 26.3. The zero-order valence-electron chi connectivity index (χ0n) is 7.58. The van der Waals surface area contributed by atoms with Crippen molar-refractivity contribution in [3.05, 3.63) is 23.8 Å². The van der Waals surface area contributed by atoms with Crippen LogP contribution >= 0.6 is 0 Å². The first kappa shape index (κ1) is 8.38. The van der Waals surface area contributed by atoms with E-state index in [1.165, 1.54) is 0 Å². The number of para-hydroxylation sites is 1. The van der Waals surface area contributed by atoms with Crippen LogP contribution in [0.5, 0.6) is 11.5 Å². The molecule has 13 heavy (non-hydrogen) atoms. The van der Waals surface area contributed by atoms with E-state index in [-0.39, 0.29) is 11.3 Å². The maximum Gasteiger partial charge on any atom is 0.164 e. The molecule has 70 valence electrons. The number of phenolic OH excluding ortho intramolecular Hbond substituents is 1. The molecule has 1 aliphatic rings. The predicted molar refractivity (Wildman–Crippen MR) is 49.9 cm³/mol. The van der Waals surface area contributed by atoms with Crippen molar-refractivity contribution in [3.8, 4) is 11.5 Å². The SMILES string of the molecule is CC1(N)COc2c(O)cccc2C1. The summed E-state index contributed by atoms with van der Waals surface area (Å²) in [5.74, 6) is 0.790. The van der Waals surface area contributed by atoms with Gasteiger partial charge in [-0.05, 0) is 25.0 Å². The number of hydrogen-bond acceptors (Lipinski definition) is 3. The number of benzene rings is 1. The third-order valence-corrected chi connectivity index (χ3v) is 2.22. The highest BCUT2D eigenvalue weighted by Gasteiger charge is 2.28. The molecule has 1 unspecified atom stereocenters. The van der Waals surface area contributed by atoms with Crippen LogP contribution in [0.25, 0.3) is 0 Å². The molecule has 0 aliphatic carbocycles. The van der Waals surface area contributed by atoms with Crippen molar-refractivity contribution >= 4 is 0 Å². The Labute approximate surface area is 77.1 Å². The molecule has 3 nitrogen and oxygen atoms in total. The van der Waals surface area contributed by atoms with Crippen molar-refractivity contribution in [1.82, 2.24) is 0 Å². The van der Waals surface area contributed by atoms with E-state index >= 15 is 0 Å². The van der Waals surface area contributed by atoms with Gasteiger partial charge in [0, 0.05) is 0 Å². The number of aromatic hydroxyl groups is 1. The van der Waals surface area contributed by atoms with Gasteiger partial charge in [-0.25, -0.2) is 0 Å². The van der Waals surface area contributed by atoms with Gasteiger partial charge in [0.1, 0.15) is 6.61 Å². The van der Waals surface area contributed by atoms with E-state index in [4.69, 9.17) is 10.5 Å². The van der Waals surface area contributed by atoms with E-state index in [0.29, 0.717) is 12.4 Å². The fourth-order valence-corrected chi connectivity index (χ4v) is 1.60. The van der Waals surface area contributed by atoms with Gasteiger partial charge in [0.2, 0.25) is 0 Å². The molecule has 1 aromatic rings. The van der Waals surface area contributed by atoms with Crippen molar-refractivity contribution in [1.29, 1.82) is 0 Å². The number of ether oxygens (including phenoxy) is 1. The van der Waals surface area contributed by atoms with Crippen molar-refractivity contribution in [3.63, 3.8) is 0 Å².